The molecule has 0 aromatic heterocycles. The molecule has 2 aromatic carbocycles. The first kappa shape index (κ1) is 19.1. The number of nitro benzene ring substituents is 1. The van der Waals surface area contributed by atoms with E-state index in [0.717, 1.165) is 5.56 Å². The molecule has 136 valence electrons. The zero-order valence-corrected chi connectivity index (χ0v) is 14.4. The van der Waals surface area contributed by atoms with E-state index in [2.05, 4.69) is 5.32 Å². The van der Waals surface area contributed by atoms with E-state index in [0.29, 0.717) is 37.3 Å². The van der Waals surface area contributed by atoms with Gasteiger partial charge in [-0.25, -0.2) is 0 Å². The van der Waals surface area contributed by atoms with E-state index in [1.165, 1.54) is 19.1 Å². The molecule has 0 aliphatic rings. The van der Waals surface area contributed by atoms with Crippen LogP contribution in [0, 0.1) is 10.1 Å². The summed E-state index contributed by atoms with van der Waals surface area (Å²) >= 11 is 0. The van der Waals surface area contributed by atoms with E-state index < -0.39 is 4.92 Å². The third kappa shape index (κ3) is 6.01. The maximum Gasteiger partial charge on any atom is 0.269 e. The van der Waals surface area contributed by atoms with E-state index in [9.17, 15) is 19.7 Å². The summed E-state index contributed by atoms with van der Waals surface area (Å²) in [6.07, 6.45) is 0.874. The van der Waals surface area contributed by atoms with Gasteiger partial charge in [0.15, 0.2) is 5.78 Å². The third-order valence-electron chi connectivity index (χ3n) is 3.71. The Morgan fingerprint density at radius 3 is 2.31 bits per heavy atom. The topological polar surface area (TPSA) is 98.5 Å². The first-order chi connectivity index (χ1) is 12.5. The van der Waals surface area contributed by atoms with Crippen molar-refractivity contribution in [2.75, 3.05) is 6.61 Å². The van der Waals surface area contributed by atoms with Crippen LogP contribution in [0.25, 0.3) is 0 Å². The molecule has 1 amide bonds. The highest BCUT2D eigenvalue weighted by Crippen LogP contribution is 2.13. The number of carbonyl (C=O) groups excluding carboxylic acids is 2. The second kappa shape index (κ2) is 9.31. The first-order valence-corrected chi connectivity index (χ1v) is 8.19. The second-order valence-corrected chi connectivity index (χ2v) is 5.73. The first-order valence-electron chi connectivity index (χ1n) is 8.19. The van der Waals surface area contributed by atoms with Crippen LogP contribution in [0.2, 0.25) is 0 Å². The van der Waals surface area contributed by atoms with Crippen molar-refractivity contribution in [2.45, 2.75) is 26.3 Å². The van der Waals surface area contributed by atoms with Crippen LogP contribution in [-0.4, -0.2) is 23.2 Å². The lowest BCUT2D eigenvalue weighted by Gasteiger charge is -2.07. The Labute approximate surface area is 151 Å². The van der Waals surface area contributed by atoms with Crippen molar-refractivity contribution < 1.29 is 19.2 Å². The molecule has 0 heterocycles. The minimum absolute atomic E-state index is 0.00115. The number of ketones is 1. The molecular weight excluding hydrogens is 336 g/mol. The smallest absolute Gasteiger partial charge is 0.269 e. The van der Waals surface area contributed by atoms with Crippen molar-refractivity contribution in [3.63, 3.8) is 0 Å². The maximum absolute atomic E-state index is 11.8. The molecule has 0 unspecified atom stereocenters. The predicted molar refractivity (Wildman–Crippen MR) is 96.1 cm³/mol. The number of hydrogen-bond acceptors (Lipinski definition) is 5. The number of benzene rings is 2. The molecule has 0 aliphatic heterocycles. The van der Waals surface area contributed by atoms with Crippen molar-refractivity contribution in [3.05, 3.63) is 69.8 Å². The van der Waals surface area contributed by atoms with E-state index in [1.54, 1.807) is 36.4 Å². The van der Waals surface area contributed by atoms with Crippen LogP contribution in [0.5, 0.6) is 5.75 Å². The number of carbonyl (C=O) groups is 2. The van der Waals surface area contributed by atoms with Crippen LogP contribution in [-0.2, 0) is 11.3 Å². The highest BCUT2D eigenvalue weighted by atomic mass is 16.6. The third-order valence-corrected chi connectivity index (χ3v) is 3.71. The van der Waals surface area contributed by atoms with E-state index in [-0.39, 0.29) is 17.4 Å². The molecule has 26 heavy (non-hydrogen) atoms. The summed E-state index contributed by atoms with van der Waals surface area (Å²) in [7, 11) is 0. The molecule has 1 N–H and O–H groups in total. The van der Waals surface area contributed by atoms with Crippen LogP contribution < -0.4 is 10.1 Å². The number of non-ortho nitro benzene ring substituents is 1. The molecule has 0 fully saturated rings. The van der Waals surface area contributed by atoms with Gasteiger partial charge in [0.1, 0.15) is 5.75 Å². The fourth-order valence-electron chi connectivity index (χ4n) is 2.23. The molecule has 0 bridgehead atoms. The summed E-state index contributed by atoms with van der Waals surface area (Å²) in [5.74, 6) is 0.543. The van der Waals surface area contributed by atoms with Crippen molar-refractivity contribution in [3.8, 4) is 5.75 Å². The molecule has 0 spiro atoms. The summed E-state index contributed by atoms with van der Waals surface area (Å²) in [5, 5.41) is 13.3. The normalized spacial score (nSPS) is 10.2. The molecule has 0 radical (unpaired) electrons. The van der Waals surface area contributed by atoms with Gasteiger partial charge in [0, 0.05) is 30.7 Å². The standard InChI is InChI=1S/C19H20N2O5/c1-14(22)16-6-10-18(11-7-16)26-12-2-3-19(23)20-13-15-4-8-17(9-5-15)21(24)25/h4-11H,2-3,12-13H2,1H3,(H,20,23). The number of hydrogen-bond donors (Lipinski definition) is 1. The highest BCUT2D eigenvalue weighted by Gasteiger charge is 2.06. The molecular formula is C19H20N2O5. The van der Waals surface area contributed by atoms with Gasteiger partial charge >= 0.3 is 0 Å². The van der Waals surface area contributed by atoms with Crippen molar-refractivity contribution in [1.29, 1.82) is 0 Å². The molecule has 0 atom stereocenters. The van der Waals surface area contributed by atoms with E-state index >= 15 is 0 Å². The predicted octanol–water partition coefficient (Wildman–Crippen LogP) is 3.27. The van der Waals surface area contributed by atoms with Crippen molar-refractivity contribution in [2.24, 2.45) is 0 Å². The summed E-state index contributed by atoms with van der Waals surface area (Å²) in [4.78, 5) is 33.1. The van der Waals surface area contributed by atoms with Gasteiger partial charge in [-0.2, -0.15) is 0 Å². The van der Waals surface area contributed by atoms with Gasteiger partial charge in [-0.15, -0.1) is 0 Å². The number of rotatable bonds is 9. The number of nitrogens with one attached hydrogen (secondary N) is 1. The largest absolute Gasteiger partial charge is 0.494 e. The zero-order valence-electron chi connectivity index (χ0n) is 14.4. The van der Waals surface area contributed by atoms with Gasteiger partial charge in [0.25, 0.3) is 5.69 Å². The Morgan fingerprint density at radius 1 is 1.08 bits per heavy atom. The molecule has 7 nitrogen and oxygen atoms in total. The molecule has 7 heteroatoms. The van der Waals surface area contributed by atoms with E-state index in [4.69, 9.17) is 4.74 Å². The molecule has 2 aromatic rings. The Balaban J connectivity index is 1.65. The molecule has 0 saturated heterocycles. The van der Waals surface area contributed by atoms with Gasteiger partial charge in [0.2, 0.25) is 5.91 Å². The molecule has 0 aliphatic carbocycles. The van der Waals surface area contributed by atoms with Crippen molar-refractivity contribution >= 4 is 17.4 Å². The molecule has 0 saturated carbocycles. The zero-order chi connectivity index (χ0) is 18.9. The molecule has 2 rings (SSSR count). The van der Waals surface area contributed by atoms with Crippen LogP contribution in [0.4, 0.5) is 5.69 Å². The average Bonchev–Trinajstić information content (AvgIpc) is 2.64. The van der Waals surface area contributed by atoms with Gasteiger partial charge in [-0.1, -0.05) is 12.1 Å². The van der Waals surface area contributed by atoms with Crippen molar-refractivity contribution in [1.82, 2.24) is 5.32 Å². The number of Topliss-reactive ketones (excluding diaryl/α,β-unsaturated/α-hetero) is 1. The Hall–Kier alpha value is -3.22. The summed E-state index contributed by atoms with van der Waals surface area (Å²) in [5.41, 5.74) is 1.45. The lowest BCUT2D eigenvalue weighted by molar-refractivity contribution is -0.384. The van der Waals surface area contributed by atoms with Gasteiger partial charge in [-0.3, -0.25) is 19.7 Å². The summed E-state index contributed by atoms with van der Waals surface area (Å²) < 4.78 is 5.53. The van der Waals surface area contributed by atoms with Crippen LogP contribution >= 0.6 is 0 Å². The minimum Gasteiger partial charge on any atom is -0.494 e. The Bertz CT molecular complexity index is 770. The van der Waals surface area contributed by atoms with E-state index in [1.807, 2.05) is 0 Å². The number of nitro groups is 1. The van der Waals surface area contributed by atoms with Gasteiger partial charge < -0.3 is 10.1 Å². The highest BCUT2D eigenvalue weighted by molar-refractivity contribution is 5.94. The minimum atomic E-state index is -0.462. The SMILES string of the molecule is CC(=O)c1ccc(OCCCC(=O)NCc2ccc([N+](=O)[O-])cc2)cc1. The van der Waals surface area contributed by atoms with Crippen LogP contribution in [0.1, 0.15) is 35.7 Å². The fraction of sp³-hybridized carbons (Fsp3) is 0.263. The average molecular weight is 356 g/mol. The van der Waals surface area contributed by atoms with Gasteiger partial charge in [-0.05, 0) is 43.2 Å². The number of amides is 1. The van der Waals surface area contributed by atoms with Gasteiger partial charge in [0.05, 0.1) is 11.5 Å². The fourth-order valence-corrected chi connectivity index (χ4v) is 2.23. The van der Waals surface area contributed by atoms with Crippen LogP contribution in [0.15, 0.2) is 48.5 Å². The number of nitrogens with zero attached hydrogens (tertiary/aromatic N) is 1. The lowest BCUT2D eigenvalue weighted by atomic mass is 10.1. The maximum atomic E-state index is 11.8. The summed E-state index contributed by atoms with van der Waals surface area (Å²) in [6, 6.07) is 12.9. The summed E-state index contributed by atoms with van der Waals surface area (Å²) in [6.45, 7) is 2.22. The van der Waals surface area contributed by atoms with Crippen LogP contribution in [0.3, 0.4) is 0 Å². The lowest BCUT2D eigenvalue weighted by Crippen LogP contribution is -2.22. The Kier molecular flexibility index (Phi) is 6.84. The second-order valence-electron chi connectivity index (χ2n) is 5.73. The Morgan fingerprint density at radius 2 is 1.73 bits per heavy atom. The monoisotopic (exact) mass is 356 g/mol. The quantitative estimate of drug-likeness (QED) is 0.322. The number of ether oxygens (including phenoxy) is 1.